The molecule has 0 spiro atoms. The number of aromatic nitrogens is 3. The van der Waals surface area contributed by atoms with Gasteiger partial charge in [0.1, 0.15) is 21.5 Å². The normalized spacial score (nSPS) is 18.5. The first-order chi connectivity index (χ1) is 10.0. The summed E-state index contributed by atoms with van der Waals surface area (Å²) in [7, 11) is -2.81. The number of rotatable bonds is 3. The molecule has 1 N–H and O–H groups in total. The molecule has 2 aromatic heterocycles. The number of pyridine rings is 1. The van der Waals surface area contributed by atoms with Crippen molar-refractivity contribution in [3.63, 3.8) is 0 Å². The van der Waals surface area contributed by atoms with E-state index >= 15 is 0 Å². The second kappa shape index (κ2) is 5.48. The smallest absolute Gasteiger partial charge is 0.150 e. The van der Waals surface area contributed by atoms with Crippen molar-refractivity contribution in [3.05, 3.63) is 36.5 Å². The molecule has 2 aromatic rings. The van der Waals surface area contributed by atoms with Crippen LogP contribution in [-0.2, 0) is 9.84 Å². The summed E-state index contributed by atoms with van der Waals surface area (Å²) in [4.78, 5) is 8.59. The van der Waals surface area contributed by atoms with Crippen LogP contribution in [0, 0.1) is 6.92 Å². The Balaban J connectivity index is 1.67. The van der Waals surface area contributed by atoms with Crippen molar-refractivity contribution >= 4 is 15.5 Å². The molecule has 0 atom stereocenters. The summed E-state index contributed by atoms with van der Waals surface area (Å²) in [6.07, 6.45) is 6.70. The minimum Gasteiger partial charge on any atom is -0.381 e. The molecule has 21 heavy (non-hydrogen) atoms. The highest BCUT2D eigenvalue weighted by Crippen LogP contribution is 2.18. The molecule has 0 bridgehead atoms. The van der Waals surface area contributed by atoms with Crippen LogP contribution in [0.2, 0.25) is 0 Å². The largest absolute Gasteiger partial charge is 0.381 e. The fraction of sp³-hybridized carbons (Fsp3) is 0.429. The van der Waals surface area contributed by atoms with Gasteiger partial charge in [0.15, 0.2) is 0 Å². The van der Waals surface area contributed by atoms with Crippen molar-refractivity contribution in [1.29, 1.82) is 0 Å². The zero-order valence-electron chi connectivity index (χ0n) is 11.9. The Morgan fingerprint density at radius 2 is 2.00 bits per heavy atom. The zero-order valence-corrected chi connectivity index (χ0v) is 12.7. The number of anilines is 1. The molecule has 3 rings (SSSR count). The van der Waals surface area contributed by atoms with E-state index in [-0.39, 0.29) is 17.5 Å². The highest BCUT2D eigenvalue weighted by Gasteiger charge is 2.23. The summed E-state index contributed by atoms with van der Waals surface area (Å²) < 4.78 is 24.7. The predicted molar refractivity (Wildman–Crippen MR) is 81.4 cm³/mol. The van der Waals surface area contributed by atoms with Crippen LogP contribution >= 0.6 is 0 Å². The fourth-order valence-corrected chi connectivity index (χ4v) is 4.00. The van der Waals surface area contributed by atoms with Crippen LogP contribution in [0.1, 0.15) is 18.7 Å². The highest BCUT2D eigenvalue weighted by molar-refractivity contribution is 7.91. The van der Waals surface area contributed by atoms with Crippen molar-refractivity contribution in [2.45, 2.75) is 25.8 Å². The van der Waals surface area contributed by atoms with Gasteiger partial charge in [-0.15, -0.1) is 0 Å². The predicted octanol–water partition coefficient (Wildman–Crippen LogP) is 1.56. The van der Waals surface area contributed by atoms with E-state index in [0.29, 0.717) is 12.8 Å². The van der Waals surface area contributed by atoms with E-state index in [0.717, 1.165) is 17.3 Å². The van der Waals surface area contributed by atoms with Crippen LogP contribution in [0.5, 0.6) is 0 Å². The maximum Gasteiger partial charge on any atom is 0.150 e. The maximum atomic E-state index is 11.4. The van der Waals surface area contributed by atoms with Gasteiger partial charge in [0, 0.05) is 18.4 Å². The monoisotopic (exact) mass is 306 g/mol. The van der Waals surface area contributed by atoms with Gasteiger partial charge in [-0.25, -0.2) is 18.4 Å². The van der Waals surface area contributed by atoms with Gasteiger partial charge in [0.05, 0.1) is 23.4 Å². The van der Waals surface area contributed by atoms with Crippen molar-refractivity contribution in [2.24, 2.45) is 0 Å². The quantitative estimate of drug-likeness (QED) is 0.931. The lowest BCUT2D eigenvalue weighted by Crippen LogP contribution is -2.32. The van der Waals surface area contributed by atoms with E-state index in [1.165, 1.54) is 0 Å². The molecular weight excluding hydrogens is 288 g/mol. The molecule has 1 aliphatic heterocycles. The second-order valence-corrected chi connectivity index (χ2v) is 7.62. The molecule has 0 unspecified atom stereocenters. The van der Waals surface area contributed by atoms with Crippen LogP contribution in [0.25, 0.3) is 5.82 Å². The Morgan fingerprint density at radius 1 is 1.24 bits per heavy atom. The number of hydrogen-bond donors (Lipinski definition) is 1. The first-order valence-electron chi connectivity index (χ1n) is 6.97. The Labute approximate surface area is 124 Å². The summed E-state index contributed by atoms with van der Waals surface area (Å²) in [5.41, 5.74) is 0.917. The molecule has 0 aromatic carbocycles. The van der Waals surface area contributed by atoms with E-state index in [1.807, 2.05) is 29.8 Å². The molecule has 0 saturated carbocycles. The third-order valence-corrected chi connectivity index (χ3v) is 5.46. The first-order valence-corrected chi connectivity index (χ1v) is 8.79. The number of imidazole rings is 1. The van der Waals surface area contributed by atoms with Crippen LogP contribution in [0.4, 0.5) is 5.69 Å². The van der Waals surface area contributed by atoms with Crippen molar-refractivity contribution in [3.8, 4) is 5.82 Å². The van der Waals surface area contributed by atoms with Gasteiger partial charge in [-0.3, -0.25) is 4.57 Å². The van der Waals surface area contributed by atoms with Gasteiger partial charge in [0.25, 0.3) is 0 Å². The average molecular weight is 306 g/mol. The second-order valence-electron chi connectivity index (χ2n) is 5.32. The molecule has 6 nitrogen and oxygen atoms in total. The number of nitrogens with one attached hydrogen (secondary N) is 1. The van der Waals surface area contributed by atoms with Gasteiger partial charge in [-0.05, 0) is 31.9 Å². The lowest BCUT2D eigenvalue weighted by molar-refractivity contribution is 0.559. The molecule has 0 radical (unpaired) electrons. The summed E-state index contributed by atoms with van der Waals surface area (Å²) >= 11 is 0. The van der Waals surface area contributed by atoms with Crippen LogP contribution in [-0.4, -0.2) is 40.5 Å². The van der Waals surface area contributed by atoms with E-state index < -0.39 is 9.84 Å². The van der Waals surface area contributed by atoms with E-state index in [4.69, 9.17) is 0 Å². The third kappa shape index (κ3) is 3.24. The van der Waals surface area contributed by atoms with Crippen molar-refractivity contribution in [2.75, 3.05) is 16.8 Å². The van der Waals surface area contributed by atoms with Gasteiger partial charge in [-0.1, -0.05) is 0 Å². The molecule has 1 saturated heterocycles. The number of sulfone groups is 1. The van der Waals surface area contributed by atoms with Crippen LogP contribution in [0.15, 0.2) is 30.7 Å². The molecular formula is C14H18N4O2S. The molecule has 0 aliphatic carbocycles. The Kier molecular flexibility index (Phi) is 3.67. The first kappa shape index (κ1) is 14.1. The fourth-order valence-electron chi connectivity index (χ4n) is 2.50. The minimum absolute atomic E-state index is 0.205. The third-order valence-electron chi connectivity index (χ3n) is 3.75. The number of aryl methyl sites for hydroxylation is 1. The van der Waals surface area contributed by atoms with Gasteiger partial charge in [0.2, 0.25) is 0 Å². The van der Waals surface area contributed by atoms with E-state index in [2.05, 4.69) is 15.3 Å². The number of hydrogen-bond acceptors (Lipinski definition) is 5. The summed E-state index contributed by atoms with van der Waals surface area (Å²) in [5, 5.41) is 3.35. The topological polar surface area (TPSA) is 76.9 Å². The Hall–Kier alpha value is -1.89. The van der Waals surface area contributed by atoms with Gasteiger partial charge >= 0.3 is 0 Å². The Morgan fingerprint density at radius 3 is 2.57 bits per heavy atom. The van der Waals surface area contributed by atoms with Crippen LogP contribution < -0.4 is 5.32 Å². The molecule has 112 valence electrons. The Bertz CT molecular complexity index is 708. The summed E-state index contributed by atoms with van der Waals surface area (Å²) in [5.74, 6) is 2.25. The molecule has 0 amide bonds. The average Bonchev–Trinajstić information content (AvgIpc) is 2.88. The maximum absolute atomic E-state index is 11.4. The van der Waals surface area contributed by atoms with Gasteiger partial charge < -0.3 is 5.32 Å². The lowest BCUT2D eigenvalue weighted by Gasteiger charge is -2.23. The molecule has 1 fully saturated rings. The van der Waals surface area contributed by atoms with E-state index in [9.17, 15) is 8.42 Å². The SMILES string of the molecule is Cc1nccn1-c1ccc(NC2CCS(=O)(=O)CC2)cn1. The number of nitrogens with zero attached hydrogens (tertiary/aromatic N) is 3. The van der Waals surface area contributed by atoms with Crippen LogP contribution in [0.3, 0.4) is 0 Å². The van der Waals surface area contributed by atoms with Crippen molar-refractivity contribution < 1.29 is 8.42 Å². The zero-order chi connectivity index (χ0) is 14.9. The van der Waals surface area contributed by atoms with Crippen molar-refractivity contribution in [1.82, 2.24) is 14.5 Å². The highest BCUT2D eigenvalue weighted by atomic mass is 32.2. The lowest BCUT2D eigenvalue weighted by atomic mass is 10.1. The minimum atomic E-state index is -2.81. The molecule has 7 heteroatoms. The summed E-state index contributed by atoms with van der Waals surface area (Å²) in [6, 6.07) is 4.10. The summed E-state index contributed by atoms with van der Waals surface area (Å²) in [6.45, 7) is 1.93. The standard InChI is InChI=1S/C14H18N4O2S/c1-11-15-6-7-18(11)14-3-2-13(10-16-14)17-12-4-8-21(19,20)9-5-12/h2-3,6-7,10,12,17H,4-5,8-9H2,1H3. The van der Waals surface area contributed by atoms with Gasteiger partial charge in [-0.2, -0.15) is 0 Å². The molecule has 1 aliphatic rings. The molecule has 3 heterocycles. The van der Waals surface area contributed by atoms with E-state index in [1.54, 1.807) is 12.4 Å².